The van der Waals surface area contributed by atoms with E-state index in [1.54, 1.807) is 18.2 Å². The van der Waals surface area contributed by atoms with Crippen LogP contribution in [0.1, 0.15) is 19.8 Å². The van der Waals surface area contributed by atoms with Gasteiger partial charge in [-0.2, -0.15) is 4.31 Å². The predicted octanol–water partition coefficient (Wildman–Crippen LogP) is 2.22. The summed E-state index contributed by atoms with van der Waals surface area (Å²) < 4.78 is 32.9. The minimum Gasteiger partial charge on any atom is -0.398 e. The fourth-order valence-electron chi connectivity index (χ4n) is 2.35. The second-order valence-electron chi connectivity index (χ2n) is 4.74. The van der Waals surface area contributed by atoms with E-state index < -0.39 is 10.0 Å². The van der Waals surface area contributed by atoms with E-state index >= 15 is 0 Å². The number of ether oxygens (including phenoxy) is 1. The lowest BCUT2D eigenvalue weighted by molar-refractivity contribution is 0.0290. The number of sulfonamides is 1. The molecule has 0 radical (unpaired) electrons. The molecular weight excluding hydrogens is 344 g/mol. The first-order valence-electron chi connectivity index (χ1n) is 6.62. The molecule has 2 N–H and O–H groups in total. The standard InChI is InChI=1S/C13H19BrN2O3S/c1-2-19-11-5-7-16(8-6-11)20(17,18)13-9-10(14)3-4-12(13)15/h3-4,9,11H,2,5-8,15H2,1H3. The van der Waals surface area contributed by atoms with Crippen LogP contribution in [0, 0.1) is 0 Å². The van der Waals surface area contributed by atoms with Crippen molar-refractivity contribution in [1.29, 1.82) is 0 Å². The summed E-state index contributed by atoms with van der Waals surface area (Å²) in [5.74, 6) is 0. The molecule has 0 saturated carbocycles. The number of benzene rings is 1. The van der Waals surface area contributed by atoms with Crippen LogP contribution in [0.3, 0.4) is 0 Å². The molecule has 1 aromatic carbocycles. The zero-order chi connectivity index (χ0) is 14.8. The highest BCUT2D eigenvalue weighted by Gasteiger charge is 2.30. The molecule has 0 spiro atoms. The van der Waals surface area contributed by atoms with Gasteiger partial charge in [-0.1, -0.05) is 15.9 Å². The van der Waals surface area contributed by atoms with E-state index in [2.05, 4.69) is 15.9 Å². The fourth-order valence-corrected chi connectivity index (χ4v) is 4.47. The summed E-state index contributed by atoms with van der Waals surface area (Å²) in [5.41, 5.74) is 6.08. The molecule has 1 saturated heterocycles. The summed E-state index contributed by atoms with van der Waals surface area (Å²) in [7, 11) is -3.53. The smallest absolute Gasteiger partial charge is 0.245 e. The number of anilines is 1. The molecule has 7 heteroatoms. The van der Waals surface area contributed by atoms with Crippen LogP contribution in [0.25, 0.3) is 0 Å². The summed E-state index contributed by atoms with van der Waals surface area (Å²) in [5, 5.41) is 0. The van der Waals surface area contributed by atoms with Crippen molar-refractivity contribution in [2.45, 2.75) is 30.8 Å². The lowest BCUT2D eigenvalue weighted by Gasteiger charge is -2.31. The SMILES string of the molecule is CCOC1CCN(S(=O)(=O)c2cc(Br)ccc2N)CC1. The van der Waals surface area contributed by atoms with Gasteiger partial charge in [-0.3, -0.25) is 0 Å². The number of rotatable bonds is 4. The van der Waals surface area contributed by atoms with Gasteiger partial charge in [0.15, 0.2) is 0 Å². The van der Waals surface area contributed by atoms with E-state index in [9.17, 15) is 8.42 Å². The van der Waals surface area contributed by atoms with Crippen molar-refractivity contribution >= 4 is 31.6 Å². The molecule has 1 aliphatic heterocycles. The van der Waals surface area contributed by atoms with E-state index in [0.717, 1.165) is 12.8 Å². The number of nitrogen functional groups attached to an aromatic ring is 1. The quantitative estimate of drug-likeness (QED) is 0.833. The number of nitrogens with zero attached hydrogens (tertiary/aromatic N) is 1. The van der Waals surface area contributed by atoms with E-state index in [-0.39, 0.29) is 16.7 Å². The molecule has 112 valence electrons. The van der Waals surface area contributed by atoms with Gasteiger partial charge in [-0.25, -0.2) is 8.42 Å². The molecule has 1 fully saturated rings. The van der Waals surface area contributed by atoms with Crippen LogP contribution in [0.4, 0.5) is 5.69 Å². The first-order chi connectivity index (χ1) is 9.45. The molecular formula is C13H19BrN2O3S. The van der Waals surface area contributed by atoms with Gasteiger partial charge in [0.2, 0.25) is 10.0 Å². The number of piperidine rings is 1. The van der Waals surface area contributed by atoms with Crippen LogP contribution in [0.15, 0.2) is 27.6 Å². The third-order valence-corrected chi connectivity index (χ3v) is 5.84. The van der Waals surface area contributed by atoms with Crippen LogP contribution in [-0.2, 0) is 14.8 Å². The van der Waals surface area contributed by atoms with Crippen LogP contribution in [0.5, 0.6) is 0 Å². The third kappa shape index (κ3) is 3.33. The Kier molecular flexibility index (Phi) is 5.06. The van der Waals surface area contributed by atoms with Crippen LogP contribution >= 0.6 is 15.9 Å². The van der Waals surface area contributed by atoms with Crippen LogP contribution in [-0.4, -0.2) is 38.5 Å². The molecule has 0 aliphatic carbocycles. The van der Waals surface area contributed by atoms with E-state index in [4.69, 9.17) is 10.5 Å². The molecule has 0 atom stereocenters. The maximum Gasteiger partial charge on any atom is 0.245 e. The van der Waals surface area contributed by atoms with E-state index in [1.165, 1.54) is 4.31 Å². The van der Waals surface area contributed by atoms with Crippen molar-refractivity contribution in [3.63, 3.8) is 0 Å². The molecule has 20 heavy (non-hydrogen) atoms. The summed E-state index contributed by atoms with van der Waals surface area (Å²) in [6.45, 7) is 3.55. The first kappa shape index (κ1) is 15.8. The molecule has 0 bridgehead atoms. The van der Waals surface area contributed by atoms with Crippen molar-refractivity contribution in [2.75, 3.05) is 25.4 Å². The Labute approximate surface area is 128 Å². The van der Waals surface area contributed by atoms with Crippen molar-refractivity contribution in [3.05, 3.63) is 22.7 Å². The van der Waals surface area contributed by atoms with Crippen molar-refractivity contribution in [1.82, 2.24) is 4.31 Å². The minimum atomic E-state index is -3.53. The second kappa shape index (κ2) is 6.43. The Morgan fingerprint density at radius 2 is 2.05 bits per heavy atom. The van der Waals surface area contributed by atoms with Gasteiger partial charge < -0.3 is 10.5 Å². The van der Waals surface area contributed by atoms with Gasteiger partial charge in [0, 0.05) is 24.2 Å². The third-order valence-electron chi connectivity index (χ3n) is 3.40. The topological polar surface area (TPSA) is 72.6 Å². The van der Waals surface area contributed by atoms with Crippen LogP contribution < -0.4 is 5.73 Å². The Hall–Kier alpha value is -0.630. The fraction of sp³-hybridized carbons (Fsp3) is 0.538. The summed E-state index contributed by atoms with van der Waals surface area (Å²) in [6, 6.07) is 4.89. The van der Waals surface area contributed by atoms with Crippen molar-refractivity contribution in [2.24, 2.45) is 0 Å². The number of hydrogen-bond acceptors (Lipinski definition) is 4. The van der Waals surface area contributed by atoms with Gasteiger partial charge >= 0.3 is 0 Å². The molecule has 1 aliphatic rings. The molecule has 0 unspecified atom stereocenters. The highest BCUT2D eigenvalue weighted by atomic mass is 79.9. The van der Waals surface area contributed by atoms with Crippen molar-refractivity contribution in [3.8, 4) is 0 Å². The number of nitrogens with two attached hydrogens (primary N) is 1. The largest absolute Gasteiger partial charge is 0.398 e. The highest BCUT2D eigenvalue weighted by Crippen LogP contribution is 2.28. The van der Waals surface area contributed by atoms with E-state index in [0.29, 0.717) is 24.2 Å². The maximum atomic E-state index is 12.6. The number of hydrogen-bond donors (Lipinski definition) is 1. The van der Waals surface area contributed by atoms with Gasteiger partial charge in [0.25, 0.3) is 0 Å². The molecule has 5 nitrogen and oxygen atoms in total. The van der Waals surface area contributed by atoms with Gasteiger partial charge in [0.1, 0.15) is 4.90 Å². The average molecular weight is 363 g/mol. The molecule has 1 aromatic rings. The Balaban J connectivity index is 2.18. The van der Waals surface area contributed by atoms with Gasteiger partial charge in [-0.15, -0.1) is 0 Å². The lowest BCUT2D eigenvalue weighted by Crippen LogP contribution is -2.41. The molecule has 0 amide bonds. The highest BCUT2D eigenvalue weighted by molar-refractivity contribution is 9.10. The maximum absolute atomic E-state index is 12.6. The average Bonchev–Trinajstić information content (AvgIpc) is 2.42. The predicted molar refractivity (Wildman–Crippen MR) is 82.0 cm³/mol. The minimum absolute atomic E-state index is 0.159. The summed E-state index contributed by atoms with van der Waals surface area (Å²) in [6.07, 6.45) is 1.61. The first-order valence-corrected chi connectivity index (χ1v) is 8.85. The second-order valence-corrected chi connectivity index (χ2v) is 7.56. The molecule has 0 aromatic heterocycles. The number of halogens is 1. The summed E-state index contributed by atoms with van der Waals surface area (Å²) >= 11 is 3.28. The monoisotopic (exact) mass is 362 g/mol. The Morgan fingerprint density at radius 1 is 1.40 bits per heavy atom. The normalized spacial score (nSPS) is 18.3. The summed E-state index contributed by atoms with van der Waals surface area (Å²) in [4.78, 5) is 0.168. The van der Waals surface area contributed by atoms with Crippen LogP contribution in [0.2, 0.25) is 0 Å². The lowest BCUT2D eigenvalue weighted by atomic mass is 10.1. The van der Waals surface area contributed by atoms with E-state index in [1.807, 2.05) is 6.92 Å². The molecule has 2 rings (SSSR count). The Bertz CT molecular complexity index is 569. The Morgan fingerprint density at radius 3 is 2.65 bits per heavy atom. The zero-order valence-corrected chi connectivity index (χ0v) is 13.8. The molecule has 1 heterocycles. The van der Waals surface area contributed by atoms with Crippen molar-refractivity contribution < 1.29 is 13.2 Å². The van der Waals surface area contributed by atoms with Gasteiger partial charge in [-0.05, 0) is 38.0 Å². The van der Waals surface area contributed by atoms with Gasteiger partial charge in [0.05, 0.1) is 11.8 Å². The zero-order valence-electron chi connectivity index (χ0n) is 11.4.